The van der Waals surface area contributed by atoms with Crippen molar-refractivity contribution in [1.82, 2.24) is 9.97 Å². The first-order valence-electron chi connectivity index (χ1n) is 5.01. The summed E-state index contributed by atoms with van der Waals surface area (Å²) in [6, 6.07) is 0. The number of hydrogen-bond donors (Lipinski definition) is 0. The minimum absolute atomic E-state index is 0.121. The number of rotatable bonds is 5. The SMILES string of the molecule is CCCN(CC)c1ncnc(Cl)c1[N+](=O)[O-]. The third kappa shape index (κ3) is 2.57. The van der Waals surface area contributed by atoms with E-state index < -0.39 is 4.92 Å². The molecule has 0 radical (unpaired) electrons. The molecule has 1 aromatic heterocycles. The lowest BCUT2D eigenvalue weighted by atomic mass is 10.3. The lowest BCUT2D eigenvalue weighted by Crippen LogP contribution is -2.25. The van der Waals surface area contributed by atoms with Crippen molar-refractivity contribution in [2.45, 2.75) is 20.3 Å². The quantitative estimate of drug-likeness (QED) is 0.451. The summed E-state index contributed by atoms with van der Waals surface area (Å²) in [6.07, 6.45) is 2.12. The Kier molecular flexibility index (Phi) is 4.42. The number of hydrogen-bond acceptors (Lipinski definition) is 5. The molecule has 0 unspecified atom stereocenters. The average Bonchev–Trinajstić information content (AvgIpc) is 2.25. The van der Waals surface area contributed by atoms with E-state index in [0.29, 0.717) is 13.1 Å². The van der Waals surface area contributed by atoms with E-state index in [-0.39, 0.29) is 16.7 Å². The summed E-state index contributed by atoms with van der Waals surface area (Å²) in [6.45, 7) is 5.25. The highest BCUT2D eigenvalue weighted by atomic mass is 35.5. The minimum atomic E-state index is -0.546. The predicted molar refractivity (Wildman–Crippen MR) is 61.9 cm³/mol. The summed E-state index contributed by atoms with van der Waals surface area (Å²) in [7, 11) is 0. The van der Waals surface area contributed by atoms with Crippen LogP contribution in [0.2, 0.25) is 5.15 Å². The van der Waals surface area contributed by atoms with Gasteiger partial charge in [0.2, 0.25) is 11.0 Å². The van der Waals surface area contributed by atoms with Gasteiger partial charge >= 0.3 is 5.69 Å². The van der Waals surface area contributed by atoms with E-state index >= 15 is 0 Å². The van der Waals surface area contributed by atoms with Gasteiger partial charge in [-0.25, -0.2) is 9.97 Å². The zero-order valence-electron chi connectivity index (χ0n) is 9.18. The minimum Gasteiger partial charge on any atom is -0.351 e. The Hall–Kier alpha value is -1.43. The molecule has 6 nitrogen and oxygen atoms in total. The number of nitrogens with zero attached hydrogens (tertiary/aromatic N) is 4. The second kappa shape index (κ2) is 5.60. The van der Waals surface area contributed by atoms with Crippen LogP contribution in [0, 0.1) is 10.1 Å². The normalized spacial score (nSPS) is 10.2. The third-order valence-corrected chi connectivity index (χ3v) is 2.39. The van der Waals surface area contributed by atoms with Crippen LogP contribution >= 0.6 is 11.6 Å². The molecule has 1 rings (SSSR count). The lowest BCUT2D eigenvalue weighted by molar-refractivity contribution is -0.384. The molecule has 0 aliphatic carbocycles. The molecule has 0 saturated heterocycles. The molecule has 0 amide bonds. The first kappa shape index (κ1) is 12.6. The number of anilines is 1. The van der Waals surface area contributed by atoms with Gasteiger partial charge in [0.15, 0.2) is 0 Å². The Bertz CT molecular complexity index is 386. The Morgan fingerprint density at radius 2 is 2.19 bits per heavy atom. The molecule has 0 spiro atoms. The van der Waals surface area contributed by atoms with Crippen molar-refractivity contribution in [2.24, 2.45) is 0 Å². The van der Waals surface area contributed by atoms with Crippen molar-refractivity contribution in [3.05, 3.63) is 21.6 Å². The molecule has 0 aromatic carbocycles. The van der Waals surface area contributed by atoms with E-state index in [0.717, 1.165) is 6.42 Å². The van der Waals surface area contributed by atoms with Crippen LogP contribution in [0.5, 0.6) is 0 Å². The van der Waals surface area contributed by atoms with Crippen molar-refractivity contribution in [1.29, 1.82) is 0 Å². The van der Waals surface area contributed by atoms with Crippen LogP contribution in [-0.4, -0.2) is 28.0 Å². The Balaban J connectivity index is 3.20. The van der Waals surface area contributed by atoms with Gasteiger partial charge in [-0.05, 0) is 13.3 Å². The van der Waals surface area contributed by atoms with Gasteiger partial charge in [0.05, 0.1) is 4.92 Å². The smallest absolute Gasteiger partial charge is 0.348 e. The molecular formula is C9H13ClN4O2. The van der Waals surface area contributed by atoms with Crippen LogP contribution in [0.1, 0.15) is 20.3 Å². The molecular weight excluding hydrogens is 232 g/mol. The zero-order chi connectivity index (χ0) is 12.1. The summed E-state index contributed by atoms with van der Waals surface area (Å²) in [5.41, 5.74) is -0.223. The first-order valence-corrected chi connectivity index (χ1v) is 5.39. The Labute approximate surface area is 98.4 Å². The molecule has 1 heterocycles. The van der Waals surface area contributed by atoms with Gasteiger partial charge in [-0.1, -0.05) is 18.5 Å². The Morgan fingerprint density at radius 3 is 2.69 bits per heavy atom. The largest absolute Gasteiger partial charge is 0.351 e. The van der Waals surface area contributed by atoms with Crippen LogP contribution in [0.4, 0.5) is 11.5 Å². The number of aromatic nitrogens is 2. The summed E-state index contributed by atoms with van der Waals surface area (Å²) < 4.78 is 0. The van der Waals surface area contributed by atoms with Gasteiger partial charge < -0.3 is 4.90 Å². The van der Waals surface area contributed by atoms with Crippen molar-refractivity contribution < 1.29 is 4.92 Å². The lowest BCUT2D eigenvalue weighted by Gasteiger charge is -2.20. The van der Waals surface area contributed by atoms with E-state index in [4.69, 9.17) is 11.6 Å². The zero-order valence-corrected chi connectivity index (χ0v) is 9.94. The van der Waals surface area contributed by atoms with Gasteiger partial charge in [0.1, 0.15) is 6.33 Å². The van der Waals surface area contributed by atoms with Crippen LogP contribution in [0.15, 0.2) is 6.33 Å². The van der Waals surface area contributed by atoms with E-state index in [1.807, 2.05) is 18.7 Å². The first-order chi connectivity index (χ1) is 7.61. The van der Waals surface area contributed by atoms with Crippen molar-refractivity contribution in [3.8, 4) is 0 Å². The topological polar surface area (TPSA) is 72.2 Å². The molecule has 16 heavy (non-hydrogen) atoms. The highest BCUT2D eigenvalue weighted by molar-refractivity contribution is 6.31. The van der Waals surface area contributed by atoms with E-state index in [9.17, 15) is 10.1 Å². The van der Waals surface area contributed by atoms with Crippen LogP contribution in [0.3, 0.4) is 0 Å². The summed E-state index contributed by atoms with van der Waals surface area (Å²) in [5.74, 6) is 0.286. The standard InChI is InChI=1S/C9H13ClN4O2/c1-3-5-13(4-2)9-7(14(15)16)8(10)11-6-12-9/h6H,3-5H2,1-2H3. The van der Waals surface area contributed by atoms with Crippen LogP contribution < -0.4 is 4.90 Å². The summed E-state index contributed by atoms with van der Waals surface area (Å²) >= 11 is 5.71. The fourth-order valence-corrected chi connectivity index (χ4v) is 1.62. The molecule has 0 N–H and O–H groups in total. The number of halogens is 1. The second-order valence-electron chi connectivity index (χ2n) is 3.17. The maximum Gasteiger partial charge on any atom is 0.348 e. The van der Waals surface area contributed by atoms with Crippen LogP contribution in [0.25, 0.3) is 0 Å². The molecule has 0 atom stereocenters. The molecule has 1 aromatic rings. The summed E-state index contributed by atoms with van der Waals surface area (Å²) in [4.78, 5) is 19.7. The highest BCUT2D eigenvalue weighted by Crippen LogP contribution is 2.31. The van der Waals surface area contributed by atoms with Crippen LogP contribution in [-0.2, 0) is 0 Å². The molecule has 88 valence electrons. The fraction of sp³-hybridized carbons (Fsp3) is 0.556. The van der Waals surface area contributed by atoms with Gasteiger partial charge in [0, 0.05) is 13.1 Å². The van der Waals surface area contributed by atoms with E-state index in [2.05, 4.69) is 9.97 Å². The Morgan fingerprint density at radius 1 is 1.50 bits per heavy atom. The summed E-state index contributed by atoms with van der Waals surface area (Å²) in [5, 5.41) is 10.8. The molecule has 7 heteroatoms. The molecule has 0 bridgehead atoms. The second-order valence-corrected chi connectivity index (χ2v) is 3.53. The molecule has 0 aliphatic rings. The van der Waals surface area contributed by atoms with Gasteiger partial charge in [-0.3, -0.25) is 10.1 Å². The average molecular weight is 245 g/mol. The number of nitro groups is 1. The maximum absolute atomic E-state index is 10.9. The van der Waals surface area contributed by atoms with Gasteiger partial charge in [0.25, 0.3) is 0 Å². The van der Waals surface area contributed by atoms with Crippen molar-refractivity contribution in [2.75, 3.05) is 18.0 Å². The van der Waals surface area contributed by atoms with Crippen molar-refractivity contribution >= 4 is 23.1 Å². The van der Waals surface area contributed by atoms with Gasteiger partial charge in [-0.2, -0.15) is 0 Å². The van der Waals surface area contributed by atoms with E-state index in [1.54, 1.807) is 0 Å². The monoisotopic (exact) mass is 244 g/mol. The predicted octanol–water partition coefficient (Wildman–Crippen LogP) is 2.27. The van der Waals surface area contributed by atoms with E-state index in [1.165, 1.54) is 6.33 Å². The van der Waals surface area contributed by atoms with Crippen molar-refractivity contribution in [3.63, 3.8) is 0 Å². The maximum atomic E-state index is 10.9. The van der Waals surface area contributed by atoms with Gasteiger partial charge in [-0.15, -0.1) is 0 Å². The molecule has 0 saturated carbocycles. The molecule has 0 fully saturated rings. The fourth-order valence-electron chi connectivity index (χ4n) is 1.42. The third-order valence-electron chi connectivity index (χ3n) is 2.12. The highest BCUT2D eigenvalue weighted by Gasteiger charge is 2.24. The molecule has 0 aliphatic heterocycles.